The number of carboxylic acid groups (broad SMARTS) is 1. The van der Waals surface area contributed by atoms with E-state index in [-0.39, 0.29) is 5.56 Å². The van der Waals surface area contributed by atoms with Crippen LogP contribution in [0.25, 0.3) is 0 Å². The second kappa shape index (κ2) is 6.33. The second-order valence-electron chi connectivity index (χ2n) is 4.03. The summed E-state index contributed by atoms with van der Waals surface area (Å²) in [6, 6.07) is 10.8. The maximum Gasteiger partial charge on any atom is 0.335 e. The largest absolute Gasteiger partial charge is 0.478 e. The zero-order valence-electron chi connectivity index (χ0n) is 10.1. The molecule has 5 heteroatoms. The molecule has 2 N–H and O–H groups in total. The molecule has 0 radical (unpaired) electrons. The summed E-state index contributed by atoms with van der Waals surface area (Å²) >= 11 is 3.30. The van der Waals surface area contributed by atoms with E-state index in [2.05, 4.69) is 26.2 Å². The van der Waals surface area contributed by atoms with Gasteiger partial charge in [0.2, 0.25) is 0 Å². The monoisotopic (exact) mass is 320 g/mol. The predicted octanol–water partition coefficient (Wildman–Crippen LogP) is 3.20. The fourth-order valence-electron chi connectivity index (χ4n) is 1.70. The highest BCUT2D eigenvalue weighted by atomic mass is 79.9. The van der Waals surface area contributed by atoms with Crippen molar-refractivity contribution in [1.29, 1.82) is 0 Å². The molecule has 0 bridgehead atoms. The lowest BCUT2D eigenvalue weighted by Gasteiger charge is -2.08. The van der Waals surface area contributed by atoms with Crippen molar-refractivity contribution in [3.05, 3.63) is 58.3 Å². The Hall–Kier alpha value is -1.88. The third-order valence-electron chi connectivity index (χ3n) is 2.58. The molecule has 0 saturated carbocycles. The van der Waals surface area contributed by atoms with Gasteiger partial charge in [-0.15, -0.1) is 0 Å². The van der Waals surface area contributed by atoms with E-state index in [0.29, 0.717) is 6.54 Å². The Balaban J connectivity index is 1.98. The molecule has 0 spiro atoms. The first-order valence-corrected chi connectivity index (χ1v) is 6.62. The van der Waals surface area contributed by atoms with Crippen molar-refractivity contribution in [3.63, 3.8) is 0 Å². The van der Waals surface area contributed by atoms with E-state index >= 15 is 0 Å². The highest BCUT2D eigenvalue weighted by Crippen LogP contribution is 2.19. The van der Waals surface area contributed by atoms with Gasteiger partial charge in [-0.2, -0.15) is 0 Å². The van der Waals surface area contributed by atoms with Crippen molar-refractivity contribution in [2.24, 2.45) is 0 Å². The SMILES string of the molecule is O=C(O)c1cc(Br)cc(NCCc2ccccn2)c1. The first-order valence-electron chi connectivity index (χ1n) is 5.83. The zero-order chi connectivity index (χ0) is 13.7. The molecule has 19 heavy (non-hydrogen) atoms. The topological polar surface area (TPSA) is 62.2 Å². The summed E-state index contributed by atoms with van der Waals surface area (Å²) in [7, 11) is 0. The van der Waals surface area contributed by atoms with Crippen LogP contribution in [-0.4, -0.2) is 22.6 Å². The number of carbonyl (C=O) groups is 1. The van der Waals surface area contributed by atoms with Gasteiger partial charge in [-0.25, -0.2) is 4.79 Å². The van der Waals surface area contributed by atoms with E-state index in [1.165, 1.54) is 0 Å². The lowest BCUT2D eigenvalue weighted by Crippen LogP contribution is -2.07. The lowest BCUT2D eigenvalue weighted by molar-refractivity contribution is 0.0697. The summed E-state index contributed by atoms with van der Waals surface area (Å²) in [4.78, 5) is 15.2. The zero-order valence-corrected chi connectivity index (χ0v) is 11.7. The molecule has 2 rings (SSSR count). The van der Waals surface area contributed by atoms with Crippen molar-refractivity contribution < 1.29 is 9.90 Å². The lowest BCUT2D eigenvalue weighted by atomic mass is 10.2. The predicted molar refractivity (Wildman–Crippen MR) is 77.5 cm³/mol. The number of aromatic carboxylic acids is 1. The molecule has 0 unspecified atom stereocenters. The van der Waals surface area contributed by atoms with Crippen LogP contribution in [0.3, 0.4) is 0 Å². The Kier molecular flexibility index (Phi) is 4.52. The van der Waals surface area contributed by atoms with Gasteiger partial charge in [0.1, 0.15) is 0 Å². The van der Waals surface area contributed by atoms with Crippen LogP contribution in [0.4, 0.5) is 5.69 Å². The molecule has 0 aliphatic rings. The second-order valence-corrected chi connectivity index (χ2v) is 4.95. The first-order chi connectivity index (χ1) is 9.15. The van der Waals surface area contributed by atoms with Crippen molar-refractivity contribution in [2.45, 2.75) is 6.42 Å². The van der Waals surface area contributed by atoms with Crippen molar-refractivity contribution in [1.82, 2.24) is 4.98 Å². The number of pyridine rings is 1. The van der Waals surface area contributed by atoms with E-state index in [0.717, 1.165) is 22.3 Å². The van der Waals surface area contributed by atoms with Gasteiger partial charge in [0, 0.05) is 35.0 Å². The molecule has 1 aromatic carbocycles. The fourth-order valence-corrected chi connectivity index (χ4v) is 2.19. The van der Waals surface area contributed by atoms with Crippen LogP contribution < -0.4 is 5.32 Å². The van der Waals surface area contributed by atoms with Gasteiger partial charge in [-0.1, -0.05) is 22.0 Å². The highest BCUT2D eigenvalue weighted by Gasteiger charge is 2.05. The Morgan fingerprint density at radius 3 is 2.84 bits per heavy atom. The summed E-state index contributed by atoms with van der Waals surface area (Å²) in [6.45, 7) is 0.701. The van der Waals surface area contributed by atoms with E-state index < -0.39 is 5.97 Å². The standard InChI is InChI=1S/C14H13BrN2O2/c15-11-7-10(14(18)19)8-13(9-11)17-6-4-12-3-1-2-5-16-12/h1-3,5,7-9,17H,4,6H2,(H,18,19). The molecule has 1 aromatic heterocycles. The maximum atomic E-state index is 10.9. The van der Waals surface area contributed by atoms with Gasteiger partial charge in [0.05, 0.1) is 5.56 Å². The number of hydrogen-bond acceptors (Lipinski definition) is 3. The molecule has 0 aliphatic carbocycles. The Bertz CT molecular complexity index is 573. The number of anilines is 1. The quantitative estimate of drug-likeness (QED) is 0.888. The van der Waals surface area contributed by atoms with E-state index in [1.54, 1.807) is 18.3 Å². The number of rotatable bonds is 5. The average molecular weight is 321 g/mol. The molecule has 98 valence electrons. The van der Waals surface area contributed by atoms with E-state index in [9.17, 15) is 4.79 Å². The number of carboxylic acids is 1. The smallest absolute Gasteiger partial charge is 0.335 e. The summed E-state index contributed by atoms with van der Waals surface area (Å²) in [6.07, 6.45) is 2.55. The summed E-state index contributed by atoms with van der Waals surface area (Å²) in [5, 5.41) is 12.2. The summed E-state index contributed by atoms with van der Waals surface area (Å²) in [5.74, 6) is -0.936. The van der Waals surface area contributed by atoms with Gasteiger partial charge >= 0.3 is 5.97 Å². The van der Waals surface area contributed by atoms with Crippen LogP contribution in [0.15, 0.2) is 47.1 Å². The first kappa shape index (κ1) is 13.5. The van der Waals surface area contributed by atoms with Crippen molar-refractivity contribution >= 4 is 27.6 Å². The molecule has 0 atom stereocenters. The summed E-state index contributed by atoms with van der Waals surface area (Å²) < 4.78 is 0.743. The van der Waals surface area contributed by atoms with E-state index in [1.807, 2.05) is 24.3 Å². The number of benzene rings is 1. The number of halogens is 1. The maximum absolute atomic E-state index is 10.9. The summed E-state index contributed by atoms with van der Waals surface area (Å²) in [5.41, 5.74) is 2.04. The molecule has 1 heterocycles. The molecule has 0 fully saturated rings. The number of nitrogens with zero attached hydrogens (tertiary/aromatic N) is 1. The Morgan fingerprint density at radius 2 is 2.16 bits per heavy atom. The van der Waals surface area contributed by atoms with Crippen LogP contribution in [0.5, 0.6) is 0 Å². The molecule has 0 amide bonds. The van der Waals surface area contributed by atoms with E-state index in [4.69, 9.17) is 5.11 Å². The Labute approximate surface area is 119 Å². The minimum absolute atomic E-state index is 0.259. The normalized spacial score (nSPS) is 10.2. The van der Waals surface area contributed by atoms with Gasteiger partial charge in [-0.3, -0.25) is 4.98 Å². The van der Waals surface area contributed by atoms with Gasteiger partial charge in [0.15, 0.2) is 0 Å². The van der Waals surface area contributed by atoms with Gasteiger partial charge in [0.25, 0.3) is 0 Å². The van der Waals surface area contributed by atoms with Crippen LogP contribution in [0.1, 0.15) is 16.1 Å². The molecule has 0 aliphatic heterocycles. The van der Waals surface area contributed by atoms with Crippen LogP contribution in [0.2, 0.25) is 0 Å². The fraction of sp³-hybridized carbons (Fsp3) is 0.143. The van der Waals surface area contributed by atoms with Crippen molar-refractivity contribution in [2.75, 3.05) is 11.9 Å². The van der Waals surface area contributed by atoms with Gasteiger partial charge < -0.3 is 10.4 Å². The number of nitrogens with one attached hydrogen (secondary N) is 1. The number of hydrogen-bond donors (Lipinski definition) is 2. The minimum atomic E-state index is -0.936. The average Bonchev–Trinajstić information content (AvgIpc) is 2.39. The molecular weight excluding hydrogens is 308 g/mol. The van der Waals surface area contributed by atoms with Crippen molar-refractivity contribution in [3.8, 4) is 0 Å². The van der Waals surface area contributed by atoms with Crippen LogP contribution in [-0.2, 0) is 6.42 Å². The molecular formula is C14H13BrN2O2. The number of aromatic nitrogens is 1. The van der Waals surface area contributed by atoms with Crippen LogP contribution >= 0.6 is 15.9 Å². The molecule has 2 aromatic rings. The third-order valence-corrected chi connectivity index (χ3v) is 3.04. The minimum Gasteiger partial charge on any atom is -0.478 e. The Morgan fingerprint density at radius 1 is 1.32 bits per heavy atom. The molecule has 0 saturated heterocycles. The highest BCUT2D eigenvalue weighted by molar-refractivity contribution is 9.10. The van der Waals surface area contributed by atoms with Gasteiger partial charge in [-0.05, 0) is 30.3 Å². The van der Waals surface area contributed by atoms with Crippen LogP contribution in [0, 0.1) is 0 Å². The third kappa shape index (κ3) is 4.06. The molecule has 4 nitrogen and oxygen atoms in total.